The van der Waals surface area contributed by atoms with Crippen LogP contribution in [-0.2, 0) is 4.79 Å². The van der Waals surface area contributed by atoms with E-state index >= 15 is 0 Å². The monoisotopic (exact) mass is 559 g/mol. The minimum Gasteiger partial charge on any atom is -0.493 e. The number of para-hydroxylation sites is 1. The Morgan fingerprint density at radius 1 is 0.857 bits per heavy atom. The summed E-state index contributed by atoms with van der Waals surface area (Å²) in [5.41, 5.74) is 6.19. The van der Waals surface area contributed by atoms with Crippen LogP contribution < -0.4 is 14.4 Å². The SMILES string of the molecule is COc1ccc(/C=C/C(=O)N2CCN(c3ncnc4c3c(-c3ccccc3)cn4-c3ccccc3C)CC2)cc1OC. The smallest absolute Gasteiger partial charge is 0.246 e. The predicted molar refractivity (Wildman–Crippen MR) is 166 cm³/mol. The number of carbonyl (C=O) groups is 1. The first-order valence-corrected chi connectivity index (χ1v) is 14.0. The minimum absolute atomic E-state index is 0.0204. The summed E-state index contributed by atoms with van der Waals surface area (Å²) < 4.78 is 12.9. The van der Waals surface area contributed by atoms with Gasteiger partial charge in [-0.2, -0.15) is 0 Å². The number of nitrogens with zero attached hydrogens (tertiary/aromatic N) is 5. The van der Waals surface area contributed by atoms with E-state index in [0.717, 1.165) is 39.2 Å². The van der Waals surface area contributed by atoms with E-state index in [1.165, 1.54) is 5.56 Å². The molecular weight excluding hydrogens is 526 g/mol. The summed E-state index contributed by atoms with van der Waals surface area (Å²) in [7, 11) is 3.20. The molecule has 6 rings (SSSR count). The summed E-state index contributed by atoms with van der Waals surface area (Å²) in [5.74, 6) is 2.15. The number of ether oxygens (including phenoxy) is 2. The van der Waals surface area contributed by atoms with Gasteiger partial charge in [0.1, 0.15) is 12.1 Å². The fourth-order valence-corrected chi connectivity index (χ4v) is 5.51. The van der Waals surface area contributed by atoms with Gasteiger partial charge in [-0.25, -0.2) is 9.97 Å². The van der Waals surface area contributed by atoms with Crippen molar-refractivity contribution in [3.05, 3.63) is 103 Å². The third-order valence-electron chi connectivity index (χ3n) is 7.74. The molecule has 212 valence electrons. The second-order valence-corrected chi connectivity index (χ2v) is 10.2. The first kappa shape index (κ1) is 27.1. The van der Waals surface area contributed by atoms with Crippen molar-refractivity contribution >= 4 is 28.8 Å². The van der Waals surface area contributed by atoms with Crippen molar-refractivity contribution in [1.29, 1.82) is 0 Å². The van der Waals surface area contributed by atoms with Gasteiger partial charge in [0.25, 0.3) is 0 Å². The van der Waals surface area contributed by atoms with Crippen LogP contribution in [0.1, 0.15) is 11.1 Å². The molecule has 0 atom stereocenters. The molecule has 0 radical (unpaired) electrons. The number of anilines is 1. The van der Waals surface area contributed by atoms with E-state index in [2.05, 4.69) is 59.0 Å². The number of aryl methyl sites for hydroxylation is 1. The number of amides is 1. The Bertz CT molecular complexity index is 1750. The second kappa shape index (κ2) is 11.8. The van der Waals surface area contributed by atoms with Crippen molar-refractivity contribution < 1.29 is 14.3 Å². The largest absolute Gasteiger partial charge is 0.493 e. The molecule has 3 heterocycles. The molecule has 0 spiro atoms. The zero-order chi connectivity index (χ0) is 29.1. The van der Waals surface area contributed by atoms with E-state index in [0.29, 0.717) is 37.7 Å². The predicted octanol–water partition coefficient (Wildman–Crippen LogP) is 5.78. The normalized spacial score (nSPS) is 13.6. The molecule has 0 aliphatic carbocycles. The van der Waals surface area contributed by atoms with Crippen LogP contribution in [0.25, 0.3) is 33.9 Å². The highest BCUT2D eigenvalue weighted by atomic mass is 16.5. The zero-order valence-corrected chi connectivity index (χ0v) is 24.0. The van der Waals surface area contributed by atoms with Gasteiger partial charge in [-0.15, -0.1) is 0 Å². The maximum Gasteiger partial charge on any atom is 0.246 e. The Hall–Kier alpha value is -5.11. The van der Waals surface area contributed by atoms with Crippen molar-refractivity contribution in [1.82, 2.24) is 19.4 Å². The van der Waals surface area contributed by atoms with Gasteiger partial charge in [-0.1, -0.05) is 54.6 Å². The Morgan fingerprint density at radius 3 is 2.33 bits per heavy atom. The Labute approximate surface area is 245 Å². The van der Waals surface area contributed by atoms with Crippen molar-refractivity contribution in [2.45, 2.75) is 6.92 Å². The molecule has 5 aromatic rings. The van der Waals surface area contributed by atoms with Crippen LogP contribution in [0.3, 0.4) is 0 Å². The number of hydrogen-bond acceptors (Lipinski definition) is 6. The molecule has 1 aliphatic heterocycles. The lowest BCUT2D eigenvalue weighted by atomic mass is 10.1. The zero-order valence-electron chi connectivity index (χ0n) is 24.0. The number of fused-ring (bicyclic) bond motifs is 1. The van der Waals surface area contributed by atoms with E-state index < -0.39 is 0 Å². The molecule has 0 unspecified atom stereocenters. The van der Waals surface area contributed by atoms with Crippen molar-refractivity contribution in [2.75, 3.05) is 45.3 Å². The summed E-state index contributed by atoms with van der Waals surface area (Å²) in [6, 6.07) is 24.3. The molecule has 1 fully saturated rings. The highest BCUT2D eigenvalue weighted by Crippen LogP contribution is 2.37. The number of benzene rings is 3. The lowest BCUT2D eigenvalue weighted by Gasteiger charge is -2.35. The maximum atomic E-state index is 13.1. The fourth-order valence-electron chi connectivity index (χ4n) is 5.51. The number of methoxy groups -OCH3 is 2. The maximum absolute atomic E-state index is 13.1. The molecular formula is C34H33N5O3. The van der Waals surface area contributed by atoms with E-state index in [-0.39, 0.29) is 5.91 Å². The molecule has 0 N–H and O–H groups in total. The van der Waals surface area contributed by atoms with Gasteiger partial charge in [-0.3, -0.25) is 4.79 Å². The summed E-state index contributed by atoms with van der Waals surface area (Å²) >= 11 is 0. The summed E-state index contributed by atoms with van der Waals surface area (Å²) in [6.45, 7) is 4.65. The number of aromatic nitrogens is 3. The molecule has 1 aliphatic rings. The second-order valence-electron chi connectivity index (χ2n) is 10.2. The highest BCUT2D eigenvalue weighted by molar-refractivity contribution is 6.02. The van der Waals surface area contributed by atoms with Gasteiger partial charge >= 0.3 is 0 Å². The van der Waals surface area contributed by atoms with Crippen molar-refractivity contribution in [3.8, 4) is 28.3 Å². The van der Waals surface area contributed by atoms with Crippen LogP contribution >= 0.6 is 0 Å². The van der Waals surface area contributed by atoms with Crippen molar-refractivity contribution in [2.24, 2.45) is 0 Å². The fraction of sp³-hybridized carbons (Fsp3) is 0.206. The van der Waals surface area contributed by atoms with Gasteiger partial charge in [-0.05, 0) is 47.9 Å². The van der Waals surface area contributed by atoms with Crippen LogP contribution in [0.15, 0.2) is 91.4 Å². The summed E-state index contributed by atoms with van der Waals surface area (Å²) in [6.07, 6.45) is 7.24. The quantitative estimate of drug-likeness (QED) is 0.236. The average molecular weight is 560 g/mol. The van der Waals surface area contributed by atoms with E-state index in [1.54, 1.807) is 26.6 Å². The average Bonchev–Trinajstić information content (AvgIpc) is 3.44. The molecule has 42 heavy (non-hydrogen) atoms. The Morgan fingerprint density at radius 2 is 1.60 bits per heavy atom. The Kier molecular flexibility index (Phi) is 7.60. The number of piperazine rings is 1. The minimum atomic E-state index is -0.0204. The topological polar surface area (TPSA) is 72.7 Å². The molecule has 2 aromatic heterocycles. The third-order valence-corrected chi connectivity index (χ3v) is 7.74. The van der Waals surface area contributed by atoms with E-state index in [1.807, 2.05) is 47.4 Å². The summed E-state index contributed by atoms with van der Waals surface area (Å²) in [5, 5.41) is 1.01. The molecule has 8 nitrogen and oxygen atoms in total. The van der Waals surface area contributed by atoms with E-state index in [9.17, 15) is 4.79 Å². The Balaban J connectivity index is 1.27. The van der Waals surface area contributed by atoms with Gasteiger partial charge < -0.3 is 23.8 Å². The lowest BCUT2D eigenvalue weighted by Crippen LogP contribution is -2.48. The number of hydrogen-bond donors (Lipinski definition) is 0. The molecule has 0 bridgehead atoms. The first-order valence-electron chi connectivity index (χ1n) is 14.0. The highest BCUT2D eigenvalue weighted by Gasteiger charge is 2.25. The van der Waals surface area contributed by atoms with Crippen LogP contribution in [0.2, 0.25) is 0 Å². The van der Waals surface area contributed by atoms with Gasteiger partial charge in [0, 0.05) is 49.7 Å². The lowest BCUT2D eigenvalue weighted by molar-refractivity contribution is -0.126. The van der Waals surface area contributed by atoms with Gasteiger partial charge in [0.05, 0.1) is 19.6 Å². The van der Waals surface area contributed by atoms with E-state index in [4.69, 9.17) is 19.4 Å². The van der Waals surface area contributed by atoms with Crippen LogP contribution in [0.5, 0.6) is 11.5 Å². The summed E-state index contributed by atoms with van der Waals surface area (Å²) in [4.78, 5) is 26.8. The number of rotatable bonds is 7. The van der Waals surface area contributed by atoms with Crippen LogP contribution in [0, 0.1) is 6.92 Å². The van der Waals surface area contributed by atoms with Gasteiger partial charge in [0.15, 0.2) is 17.1 Å². The van der Waals surface area contributed by atoms with Crippen LogP contribution in [-0.4, -0.2) is 65.7 Å². The molecule has 1 saturated heterocycles. The standard InChI is InChI=1S/C34H33N5O3/c1-24-9-7-8-12-28(24)39-22-27(26-10-5-4-6-11-26)32-33(35-23-36-34(32)39)38-19-17-37(18-20-38)31(40)16-14-25-13-15-29(41-2)30(21-25)42-3/h4-16,21-23H,17-20H2,1-3H3/b16-14+. The molecule has 8 heteroatoms. The molecule has 3 aromatic carbocycles. The first-order chi connectivity index (χ1) is 20.6. The third kappa shape index (κ3) is 5.19. The van der Waals surface area contributed by atoms with Crippen molar-refractivity contribution in [3.63, 3.8) is 0 Å². The molecule has 0 saturated carbocycles. The van der Waals surface area contributed by atoms with Crippen LogP contribution in [0.4, 0.5) is 5.82 Å². The molecule has 1 amide bonds. The number of carbonyl (C=O) groups excluding carboxylic acids is 1. The van der Waals surface area contributed by atoms with Gasteiger partial charge in [0.2, 0.25) is 5.91 Å².